The number of H-pyrrole nitrogens is 1. The van der Waals surface area contributed by atoms with Crippen LogP contribution in [0.15, 0.2) is 42.6 Å². The van der Waals surface area contributed by atoms with Crippen LogP contribution >= 0.6 is 0 Å². The van der Waals surface area contributed by atoms with Crippen LogP contribution in [-0.4, -0.2) is 10.2 Å². The van der Waals surface area contributed by atoms with E-state index in [-0.39, 0.29) is 5.82 Å². The molecule has 1 aromatic heterocycles. The van der Waals surface area contributed by atoms with Crippen molar-refractivity contribution in [2.24, 2.45) is 0 Å². The molecule has 0 saturated carbocycles. The van der Waals surface area contributed by atoms with Crippen LogP contribution in [0, 0.1) is 12.7 Å². The van der Waals surface area contributed by atoms with Crippen molar-refractivity contribution in [2.75, 3.05) is 5.32 Å². The summed E-state index contributed by atoms with van der Waals surface area (Å²) in [6.07, 6.45) is 1.79. The molecule has 0 radical (unpaired) electrons. The Balaban J connectivity index is 1.79. The predicted molar refractivity (Wildman–Crippen MR) is 74.6 cm³/mol. The van der Waals surface area contributed by atoms with Gasteiger partial charge in [0.1, 0.15) is 5.82 Å². The second-order valence-electron chi connectivity index (χ2n) is 4.60. The number of anilines is 1. The van der Waals surface area contributed by atoms with E-state index >= 15 is 0 Å². The number of hydrogen-bond donors (Lipinski definition) is 2. The van der Waals surface area contributed by atoms with Crippen LogP contribution in [0.1, 0.15) is 11.1 Å². The summed E-state index contributed by atoms with van der Waals surface area (Å²) in [5.41, 5.74) is 4.05. The summed E-state index contributed by atoms with van der Waals surface area (Å²) >= 11 is 0. The van der Waals surface area contributed by atoms with Gasteiger partial charge >= 0.3 is 0 Å². The zero-order chi connectivity index (χ0) is 13.2. The molecule has 19 heavy (non-hydrogen) atoms. The molecule has 3 aromatic rings. The molecule has 0 atom stereocenters. The SMILES string of the molecule is Cc1ccc(F)cc1CNc1ccc2[nH]ncc2c1. The largest absolute Gasteiger partial charge is 0.381 e. The average Bonchev–Trinajstić information content (AvgIpc) is 2.87. The summed E-state index contributed by atoms with van der Waals surface area (Å²) in [6.45, 7) is 2.59. The van der Waals surface area contributed by atoms with Gasteiger partial charge in [0.05, 0.1) is 11.7 Å². The number of halogens is 1. The fourth-order valence-corrected chi connectivity index (χ4v) is 2.08. The molecule has 1 heterocycles. The molecule has 2 N–H and O–H groups in total. The van der Waals surface area contributed by atoms with Gasteiger partial charge in [0.25, 0.3) is 0 Å². The Hall–Kier alpha value is -2.36. The maximum Gasteiger partial charge on any atom is 0.123 e. The molecule has 0 unspecified atom stereocenters. The average molecular weight is 255 g/mol. The Morgan fingerprint density at radius 2 is 2.11 bits per heavy atom. The Bertz CT molecular complexity index is 718. The molecule has 96 valence electrons. The van der Waals surface area contributed by atoms with Crippen molar-refractivity contribution in [3.8, 4) is 0 Å². The molecule has 4 heteroatoms. The van der Waals surface area contributed by atoms with Gasteiger partial charge in [0.2, 0.25) is 0 Å². The van der Waals surface area contributed by atoms with E-state index in [4.69, 9.17) is 0 Å². The van der Waals surface area contributed by atoms with E-state index in [2.05, 4.69) is 15.5 Å². The molecule has 3 rings (SSSR count). The summed E-state index contributed by atoms with van der Waals surface area (Å²) in [5.74, 6) is -0.201. The minimum absolute atomic E-state index is 0.201. The van der Waals surface area contributed by atoms with Crippen molar-refractivity contribution in [3.05, 3.63) is 59.5 Å². The van der Waals surface area contributed by atoms with Crippen LogP contribution in [0.4, 0.5) is 10.1 Å². The molecule has 0 amide bonds. The molecular formula is C15H14FN3. The smallest absolute Gasteiger partial charge is 0.123 e. The van der Waals surface area contributed by atoms with Gasteiger partial charge in [-0.2, -0.15) is 5.10 Å². The molecule has 0 bridgehead atoms. The molecule has 0 aliphatic heterocycles. The lowest BCUT2D eigenvalue weighted by molar-refractivity contribution is 0.625. The van der Waals surface area contributed by atoms with Crippen LogP contribution in [0.2, 0.25) is 0 Å². The van der Waals surface area contributed by atoms with Gasteiger partial charge in [0, 0.05) is 17.6 Å². The summed E-state index contributed by atoms with van der Waals surface area (Å²) in [6, 6.07) is 10.8. The maximum atomic E-state index is 13.2. The van der Waals surface area contributed by atoms with E-state index in [0.717, 1.165) is 27.7 Å². The number of hydrogen-bond acceptors (Lipinski definition) is 2. The predicted octanol–water partition coefficient (Wildman–Crippen LogP) is 3.62. The van der Waals surface area contributed by atoms with Crippen molar-refractivity contribution in [3.63, 3.8) is 0 Å². The van der Waals surface area contributed by atoms with Gasteiger partial charge in [-0.3, -0.25) is 5.10 Å². The second kappa shape index (κ2) is 4.72. The third-order valence-electron chi connectivity index (χ3n) is 3.23. The third kappa shape index (κ3) is 2.42. The standard InChI is InChI=1S/C15H14FN3/c1-10-2-3-13(16)6-11(10)8-17-14-4-5-15-12(7-14)9-18-19-15/h2-7,9,17H,8H2,1H3,(H,18,19). The Morgan fingerprint density at radius 3 is 3.00 bits per heavy atom. The number of benzene rings is 2. The highest BCUT2D eigenvalue weighted by Crippen LogP contribution is 2.18. The summed E-state index contributed by atoms with van der Waals surface area (Å²) in [4.78, 5) is 0. The summed E-state index contributed by atoms with van der Waals surface area (Å²) in [7, 11) is 0. The van der Waals surface area contributed by atoms with Gasteiger partial charge in [0.15, 0.2) is 0 Å². The van der Waals surface area contributed by atoms with Crippen molar-refractivity contribution < 1.29 is 4.39 Å². The van der Waals surface area contributed by atoms with Gasteiger partial charge < -0.3 is 5.32 Å². The first-order chi connectivity index (χ1) is 9.22. The molecule has 3 nitrogen and oxygen atoms in total. The van der Waals surface area contributed by atoms with Gasteiger partial charge in [-0.15, -0.1) is 0 Å². The zero-order valence-corrected chi connectivity index (χ0v) is 10.6. The van der Waals surface area contributed by atoms with Gasteiger partial charge in [-0.05, 0) is 48.4 Å². The number of nitrogens with zero attached hydrogens (tertiary/aromatic N) is 1. The highest BCUT2D eigenvalue weighted by Gasteiger charge is 2.02. The van der Waals surface area contributed by atoms with Crippen molar-refractivity contribution in [1.82, 2.24) is 10.2 Å². The Kier molecular flexibility index (Phi) is 2.91. The van der Waals surface area contributed by atoms with Gasteiger partial charge in [-0.1, -0.05) is 6.07 Å². The molecule has 0 saturated heterocycles. The number of aromatic nitrogens is 2. The molecular weight excluding hydrogens is 241 g/mol. The van der Waals surface area contributed by atoms with E-state index in [1.54, 1.807) is 18.3 Å². The lowest BCUT2D eigenvalue weighted by atomic mass is 10.1. The van der Waals surface area contributed by atoms with Crippen LogP contribution in [0.25, 0.3) is 10.9 Å². The first kappa shape index (κ1) is 11.7. The van der Waals surface area contributed by atoms with E-state index in [1.807, 2.05) is 25.1 Å². The Morgan fingerprint density at radius 1 is 1.21 bits per heavy atom. The first-order valence-corrected chi connectivity index (χ1v) is 6.14. The third-order valence-corrected chi connectivity index (χ3v) is 3.23. The minimum Gasteiger partial charge on any atom is -0.381 e. The van der Waals surface area contributed by atoms with Crippen LogP contribution < -0.4 is 5.32 Å². The number of rotatable bonds is 3. The summed E-state index contributed by atoms with van der Waals surface area (Å²) < 4.78 is 13.2. The van der Waals surface area contributed by atoms with Crippen molar-refractivity contribution in [1.29, 1.82) is 0 Å². The molecule has 0 spiro atoms. The van der Waals surface area contributed by atoms with E-state index < -0.39 is 0 Å². The van der Waals surface area contributed by atoms with E-state index in [9.17, 15) is 4.39 Å². The van der Waals surface area contributed by atoms with Crippen LogP contribution in [0.5, 0.6) is 0 Å². The lowest BCUT2D eigenvalue weighted by Gasteiger charge is -2.09. The van der Waals surface area contributed by atoms with Crippen LogP contribution in [-0.2, 0) is 6.54 Å². The topological polar surface area (TPSA) is 40.7 Å². The molecule has 0 aliphatic carbocycles. The second-order valence-corrected chi connectivity index (χ2v) is 4.60. The monoisotopic (exact) mass is 255 g/mol. The van der Waals surface area contributed by atoms with E-state index in [1.165, 1.54) is 6.07 Å². The molecule has 2 aromatic carbocycles. The highest BCUT2D eigenvalue weighted by atomic mass is 19.1. The van der Waals surface area contributed by atoms with Gasteiger partial charge in [-0.25, -0.2) is 4.39 Å². The van der Waals surface area contributed by atoms with Crippen molar-refractivity contribution >= 4 is 16.6 Å². The fourth-order valence-electron chi connectivity index (χ4n) is 2.08. The quantitative estimate of drug-likeness (QED) is 0.750. The highest BCUT2D eigenvalue weighted by molar-refractivity contribution is 5.81. The maximum absolute atomic E-state index is 13.2. The van der Waals surface area contributed by atoms with E-state index in [0.29, 0.717) is 6.54 Å². The fraction of sp³-hybridized carbons (Fsp3) is 0.133. The summed E-state index contributed by atoms with van der Waals surface area (Å²) in [5, 5.41) is 11.3. The molecule has 0 fully saturated rings. The number of nitrogens with one attached hydrogen (secondary N) is 2. The first-order valence-electron chi connectivity index (χ1n) is 6.14. The number of aromatic amines is 1. The minimum atomic E-state index is -0.201. The normalized spacial score (nSPS) is 10.8. The Labute approximate surface area is 110 Å². The van der Waals surface area contributed by atoms with Crippen LogP contribution in [0.3, 0.4) is 0 Å². The number of fused-ring (bicyclic) bond motifs is 1. The number of aryl methyl sites for hydroxylation is 1. The molecule has 0 aliphatic rings. The lowest BCUT2D eigenvalue weighted by Crippen LogP contribution is -2.01. The zero-order valence-electron chi connectivity index (χ0n) is 10.6. The van der Waals surface area contributed by atoms with Crippen molar-refractivity contribution in [2.45, 2.75) is 13.5 Å².